The quantitative estimate of drug-likeness (QED) is 0.780. The minimum absolute atomic E-state index is 0.0983. The van der Waals surface area contributed by atoms with Crippen LogP contribution in [0.4, 0.5) is 0 Å². The summed E-state index contributed by atoms with van der Waals surface area (Å²) in [6.07, 6.45) is 2.94. The van der Waals surface area contributed by atoms with Crippen molar-refractivity contribution >= 4 is 17.5 Å². The van der Waals surface area contributed by atoms with Gasteiger partial charge in [0.15, 0.2) is 0 Å². The summed E-state index contributed by atoms with van der Waals surface area (Å²) in [5, 5.41) is 5.22. The Balaban J connectivity index is 1.76. The first-order chi connectivity index (χ1) is 11.5. The first kappa shape index (κ1) is 17.7. The van der Waals surface area contributed by atoms with Crippen molar-refractivity contribution in [3.8, 4) is 0 Å². The lowest BCUT2D eigenvalue weighted by Crippen LogP contribution is -2.49. The number of carbonyl (C=O) groups excluding carboxylic acids is 1. The molecule has 24 heavy (non-hydrogen) atoms. The third kappa shape index (κ3) is 3.32. The Hall–Kier alpha value is -1.11. The zero-order chi connectivity index (χ0) is 17.3. The number of halogens is 1. The summed E-state index contributed by atoms with van der Waals surface area (Å²) in [6.45, 7) is 5.88. The Labute approximate surface area is 148 Å². The lowest BCUT2D eigenvalue weighted by Gasteiger charge is -2.35. The summed E-state index contributed by atoms with van der Waals surface area (Å²) in [5.41, 5.74) is 2.17. The number of carbonyl (C=O) groups is 1. The van der Waals surface area contributed by atoms with Gasteiger partial charge in [-0.2, -0.15) is 5.10 Å². The van der Waals surface area contributed by atoms with Gasteiger partial charge >= 0.3 is 0 Å². The number of amides is 1. The van der Waals surface area contributed by atoms with Gasteiger partial charge in [0.05, 0.1) is 18.2 Å². The Morgan fingerprint density at radius 3 is 2.83 bits per heavy atom. The molecule has 1 aromatic heterocycles. The van der Waals surface area contributed by atoms with Crippen molar-refractivity contribution in [2.45, 2.75) is 38.8 Å². The standard InChI is InChI=1S/C17H27ClN4O2/c1-4-15-14(16(18)20(2)19-15)11-21-9-12-5-6-13(10-21)22(17(12)23)7-8-24-3/h12-13H,4-11H2,1-3H3. The molecule has 2 unspecified atom stereocenters. The number of hydrogen-bond acceptors (Lipinski definition) is 4. The molecule has 3 fully saturated rings. The van der Waals surface area contributed by atoms with Gasteiger partial charge in [0.2, 0.25) is 5.91 Å². The van der Waals surface area contributed by atoms with E-state index in [4.69, 9.17) is 16.3 Å². The molecule has 0 saturated carbocycles. The largest absolute Gasteiger partial charge is 0.383 e. The molecule has 7 heteroatoms. The summed E-state index contributed by atoms with van der Waals surface area (Å²) >= 11 is 6.45. The SMILES string of the molecule is CCc1nn(C)c(Cl)c1CN1CC2CCC(C1)N(CCOC)C2=O. The van der Waals surface area contributed by atoms with Gasteiger partial charge in [0, 0.05) is 51.9 Å². The fourth-order valence-corrected chi connectivity index (χ4v) is 4.21. The Kier molecular flexibility index (Phi) is 5.47. The van der Waals surface area contributed by atoms with Gasteiger partial charge in [-0.1, -0.05) is 18.5 Å². The molecule has 0 radical (unpaired) electrons. The van der Waals surface area contributed by atoms with Gasteiger partial charge in [-0.05, 0) is 19.3 Å². The Bertz CT molecular complexity index is 604. The van der Waals surface area contributed by atoms with Crippen molar-refractivity contribution in [2.24, 2.45) is 13.0 Å². The highest BCUT2D eigenvalue weighted by atomic mass is 35.5. The third-order valence-corrected chi connectivity index (χ3v) is 5.75. The molecule has 1 aromatic rings. The van der Waals surface area contributed by atoms with E-state index in [0.29, 0.717) is 24.2 Å². The van der Waals surface area contributed by atoms with Crippen molar-refractivity contribution in [1.82, 2.24) is 19.6 Å². The molecule has 3 aliphatic heterocycles. The van der Waals surface area contributed by atoms with E-state index < -0.39 is 0 Å². The van der Waals surface area contributed by atoms with E-state index >= 15 is 0 Å². The summed E-state index contributed by atoms with van der Waals surface area (Å²) in [5.74, 6) is 0.389. The van der Waals surface area contributed by atoms with E-state index in [0.717, 1.165) is 50.2 Å². The van der Waals surface area contributed by atoms with Crippen LogP contribution in [0.15, 0.2) is 0 Å². The lowest BCUT2D eigenvalue weighted by molar-refractivity contribution is -0.140. The van der Waals surface area contributed by atoms with Crippen LogP contribution >= 0.6 is 11.6 Å². The second-order valence-corrected chi connectivity index (χ2v) is 7.20. The van der Waals surface area contributed by atoms with Crippen LogP contribution in [0.3, 0.4) is 0 Å². The van der Waals surface area contributed by atoms with Gasteiger partial charge in [-0.3, -0.25) is 14.4 Å². The molecule has 0 spiro atoms. The monoisotopic (exact) mass is 354 g/mol. The number of nitrogens with zero attached hydrogens (tertiary/aromatic N) is 4. The van der Waals surface area contributed by atoms with Gasteiger partial charge in [0.1, 0.15) is 5.15 Å². The van der Waals surface area contributed by atoms with Crippen molar-refractivity contribution < 1.29 is 9.53 Å². The predicted molar refractivity (Wildman–Crippen MR) is 93.0 cm³/mol. The van der Waals surface area contributed by atoms with Crippen LogP contribution < -0.4 is 0 Å². The van der Waals surface area contributed by atoms with Gasteiger partial charge in [-0.15, -0.1) is 0 Å². The van der Waals surface area contributed by atoms with Crippen LogP contribution in [0.1, 0.15) is 31.0 Å². The molecule has 3 aliphatic rings. The zero-order valence-corrected chi connectivity index (χ0v) is 15.6. The maximum atomic E-state index is 12.7. The van der Waals surface area contributed by atoms with E-state index in [-0.39, 0.29) is 12.0 Å². The predicted octanol–water partition coefficient (Wildman–Crippen LogP) is 1.71. The van der Waals surface area contributed by atoms with Crippen molar-refractivity contribution in [3.05, 3.63) is 16.4 Å². The van der Waals surface area contributed by atoms with E-state index in [1.807, 2.05) is 11.9 Å². The molecule has 2 atom stereocenters. The minimum Gasteiger partial charge on any atom is -0.383 e. The number of ether oxygens (including phenoxy) is 1. The second-order valence-electron chi connectivity index (χ2n) is 6.84. The highest BCUT2D eigenvalue weighted by Gasteiger charge is 2.40. The van der Waals surface area contributed by atoms with Crippen LogP contribution in [0.5, 0.6) is 0 Å². The van der Waals surface area contributed by atoms with Crippen LogP contribution in [0, 0.1) is 5.92 Å². The number of piperidine rings is 1. The zero-order valence-electron chi connectivity index (χ0n) is 14.8. The molecule has 0 aliphatic carbocycles. The molecule has 0 aromatic carbocycles. The molecule has 2 bridgehead atoms. The van der Waals surface area contributed by atoms with Crippen molar-refractivity contribution in [3.63, 3.8) is 0 Å². The maximum Gasteiger partial charge on any atom is 0.227 e. The summed E-state index contributed by atoms with van der Waals surface area (Å²) in [7, 11) is 3.57. The van der Waals surface area contributed by atoms with Crippen LogP contribution in [0.25, 0.3) is 0 Å². The number of aromatic nitrogens is 2. The van der Waals surface area contributed by atoms with E-state index in [1.54, 1.807) is 11.8 Å². The van der Waals surface area contributed by atoms with Crippen LogP contribution in [-0.4, -0.2) is 64.9 Å². The van der Waals surface area contributed by atoms with Gasteiger partial charge < -0.3 is 9.64 Å². The number of aryl methyl sites for hydroxylation is 2. The van der Waals surface area contributed by atoms with E-state index in [2.05, 4.69) is 16.9 Å². The number of rotatable bonds is 6. The smallest absolute Gasteiger partial charge is 0.227 e. The lowest BCUT2D eigenvalue weighted by atomic mass is 9.94. The molecule has 1 amide bonds. The van der Waals surface area contributed by atoms with Crippen LogP contribution in [0.2, 0.25) is 5.15 Å². The normalized spacial score (nSPS) is 24.7. The number of methoxy groups -OCH3 is 1. The van der Waals surface area contributed by atoms with E-state index in [1.165, 1.54) is 0 Å². The molecule has 4 rings (SSSR count). The van der Waals surface area contributed by atoms with Gasteiger partial charge in [-0.25, -0.2) is 0 Å². The molecule has 3 saturated heterocycles. The number of hydrogen-bond donors (Lipinski definition) is 0. The molecule has 0 N–H and O–H groups in total. The summed E-state index contributed by atoms with van der Waals surface area (Å²) in [4.78, 5) is 17.1. The molecule has 4 heterocycles. The minimum atomic E-state index is 0.0983. The van der Waals surface area contributed by atoms with Crippen molar-refractivity contribution in [2.75, 3.05) is 33.4 Å². The average molecular weight is 355 g/mol. The fourth-order valence-electron chi connectivity index (χ4n) is 4.01. The highest BCUT2D eigenvalue weighted by Crippen LogP contribution is 2.31. The van der Waals surface area contributed by atoms with Gasteiger partial charge in [0.25, 0.3) is 0 Å². The molecular formula is C17H27ClN4O2. The Morgan fingerprint density at radius 2 is 2.12 bits per heavy atom. The summed E-state index contributed by atoms with van der Waals surface area (Å²) < 4.78 is 6.92. The Morgan fingerprint density at radius 1 is 1.33 bits per heavy atom. The fraction of sp³-hybridized carbons (Fsp3) is 0.765. The van der Waals surface area contributed by atoms with Crippen LogP contribution in [-0.2, 0) is 29.5 Å². The average Bonchev–Trinajstić information content (AvgIpc) is 2.73. The maximum absolute atomic E-state index is 12.7. The summed E-state index contributed by atoms with van der Waals surface area (Å²) in [6, 6.07) is 0.284. The first-order valence-corrected chi connectivity index (χ1v) is 9.15. The molecule has 134 valence electrons. The molecular weight excluding hydrogens is 328 g/mol. The topological polar surface area (TPSA) is 50.6 Å². The highest BCUT2D eigenvalue weighted by molar-refractivity contribution is 6.30. The second kappa shape index (κ2) is 7.42. The molecule has 6 nitrogen and oxygen atoms in total. The van der Waals surface area contributed by atoms with Crippen molar-refractivity contribution in [1.29, 1.82) is 0 Å². The first-order valence-electron chi connectivity index (χ1n) is 8.77. The third-order valence-electron chi connectivity index (χ3n) is 5.27. The van der Waals surface area contributed by atoms with E-state index in [9.17, 15) is 4.79 Å². The number of fused-ring (bicyclic) bond motifs is 4.